The summed E-state index contributed by atoms with van der Waals surface area (Å²) in [5.74, 6) is 0. The summed E-state index contributed by atoms with van der Waals surface area (Å²) in [5, 5.41) is 5.92. The molecule has 0 saturated carbocycles. The zero-order chi connectivity index (χ0) is 41.7. The zero-order valence-corrected chi connectivity index (χ0v) is 34.5. The first-order chi connectivity index (χ1) is 31.2. The number of aromatic nitrogens is 2. The summed E-state index contributed by atoms with van der Waals surface area (Å²) in [6.07, 6.45) is 0. The molecule has 0 amide bonds. The third-order valence-corrected chi connectivity index (χ3v) is 12.5. The second kappa shape index (κ2) is 15.3. The fourth-order valence-electron chi connectivity index (χ4n) is 9.46. The fraction of sp³-hybridized carbons (Fsp3) is 0. The molecule has 0 bridgehead atoms. The van der Waals surface area contributed by atoms with Crippen LogP contribution in [0, 0.1) is 0 Å². The molecule has 12 rings (SSSR count). The maximum absolute atomic E-state index is 5.27. The van der Waals surface area contributed by atoms with E-state index in [1.165, 1.54) is 82.8 Å². The van der Waals surface area contributed by atoms with E-state index in [-0.39, 0.29) is 0 Å². The number of hydrogen-bond donors (Lipinski definition) is 0. The summed E-state index contributed by atoms with van der Waals surface area (Å²) in [7, 11) is 0. The number of nitrogens with zero attached hydrogens (tertiary/aromatic N) is 2. The molecule has 0 N–H and O–H groups in total. The third-order valence-electron chi connectivity index (χ3n) is 12.5. The quantitative estimate of drug-likeness (QED) is 0.147. The Kier molecular flexibility index (Phi) is 8.86. The summed E-state index contributed by atoms with van der Waals surface area (Å²) >= 11 is 0. The Bertz CT molecular complexity index is 3650. The van der Waals surface area contributed by atoms with Gasteiger partial charge in [0.05, 0.1) is 22.2 Å². The molecule has 2 nitrogen and oxygen atoms in total. The van der Waals surface area contributed by atoms with Gasteiger partial charge in [0.15, 0.2) is 0 Å². The van der Waals surface area contributed by atoms with Gasteiger partial charge < -0.3 is 4.57 Å². The van der Waals surface area contributed by atoms with Crippen LogP contribution in [0.15, 0.2) is 243 Å². The minimum Gasteiger partial charge on any atom is -0.309 e. The Balaban J connectivity index is 1.03. The molecule has 0 aliphatic rings. The van der Waals surface area contributed by atoms with E-state index >= 15 is 0 Å². The van der Waals surface area contributed by atoms with Crippen molar-refractivity contribution in [1.82, 2.24) is 9.55 Å². The van der Waals surface area contributed by atoms with E-state index in [0.717, 1.165) is 33.2 Å². The molecule has 12 aromatic rings. The van der Waals surface area contributed by atoms with Crippen LogP contribution in [0.2, 0.25) is 0 Å². The van der Waals surface area contributed by atoms with Crippen LogP contribution in [0.4, 0.5) is 0 Å². The van der Waals surface area contributed by atoms with Crippen molar-refractivity contribution in [2.45, 2.75) is 0 Å². The van der Waals surface area contributed by atoms with Gasteiger partial charge in [0, 0.05) is 32.8 Å². The first-order valence-corrected chi connectivity index (χ1v) is 21.6. The Hall–Kier alpha value is -8.33. The highest BCUT2D eigenvalue weighted by molar-refractivity contribution is 6.20. The van der Waals surface area contributed by atoms with Gasteiger partial charge in [-0.2, -0.15) is 0 Å². The van der Waals surface area contributed by atoms with E-state index in [0.29, 0.717) is 0 Å². The maximum Gasteiger partial charge on any atom is 0.0788 e. The molecule has 0 spiro atoms. The Morgan fingerprint density at radius 2 is 0.683 bits per heavy atom. The first kappa shape index (κ1) is 36.5. The number of pyridine rings is 1. The van der Waals surface area contributed by atoms with Crippen LogP contribution in [0.25, 0.3) is 116 Å². The molecule has 0 aliphatic carbocycles. The number of rotatable bonds is 7. The molecule has 2 heteroatoms. The van der Waals surface area contributed by atoms with E-state index < -0.39 is 0 Å². The molecule has 10 aromatic carbocycles. The lowest BCUT2D eigenvalue weighted by Crippen LogP contribution is -1.94. The topological polar surface area (TPSA) is 17.8 Å². The normalized spacial score (nSPS) is 11.5. The smallest absolute Gasteiger partial charge is 0.0788 e. The molecule has 0 unspecified atom stereocenters. The van der Waals surface area contributed by atoms with Gasteiger partial charge in [0.2, 0.25) is 0 Å². The van der Waals surface area contributed by atoms with Crippen LogP contribution < -0.4 is 0 Å². The highest BCUT2D eigenvalue weighted by Crippen LogP contribution is 2.42. The van der Waals surface area contributed by atoms with Gasteiger partial charge in [-0.05, 0) is 128 Å². The Morgan fingerprint density at radius 3 is 1.32 bits per heavy atom. The predicted molar refractivity (Wildman–Crippen MR) is 266 cm³/mol. The van der Waals surface area contributed by atoms with Crippen molar-refractivity contribution < 1.29 is 0 Å². The molecular weight excluding hydrogens is 761 g/mol. The van der Waals surface area contributed by atoms with Crippen molar-refractivity contribution in [2.75, 3.05) is 0 Å². The van der Waals surface area contributed by atoms with Crippen LogP contribution in [0.5, 0.6) is 0 Å². The molecule has 294 valence electrons. The first-order valence-electron chi connectivity index (χ1n) is 21.6. The molecule has 2 aromatic heterocycles. The minimum absolute atomic E-state index is 0.995. The molecule has 63 heavy (non-hydrogen) atoms. The summed E-state index contributed by atoms with van der Waals surface area (Å²) in [4.78, 5) is 5.27. The van der Waals surface area contributed by atoms with Gasteiger partial charge in [0.25, 0.3) is 0 Å². The summed E-state index contributed by atoms with van der Waals surface area (Å²) in [5.41, 5.74) is 18.5. The lowest BCUT2D eigenvalue weighted by Gasteiger charge is -2.14. The third kappa shape index (κ3) is 6.57. The highest BCUT2D eigenvalue weighted by atomic mass is 15.0. The van der Waals surface area contributed by atoms with Crippen LogP contribution in [-0.2, 0) is 0 Å². The summed E-state index contributed by atoms with van der Waals surface area (Å²) in [6, 6.07) is 87.9. The van der Waals surface area contributed by atoms with Crippen molar-refractivity contribution in [2.24, 2.45) is 0 Å². The fourth-order valence-corrected chi connectivity index (χ4v) is 9.46. The molecule has 0 fully saturated rings. The number of fused-ring (bicyclic) bond motifs is 6. The monoisotopic (exact) mass is 800 g/mol. The molecule has 0 radical (unpaired) electrons. The van der Waals surface area contributed by atoms with Gasteiger partial charge >= 0.3 is 0 Å². The summed E-state index contributed by atoms with van der Waals surface area (Å²) < 4.78 is 2.44. The van der Waals surface area contributed by atoms with Crippen LogP contribution in [0.1, 0.15) is 0 Å². The van der Waals surface area contributed by atoms with Crippen LogP contribution in [0.3, 0.4) is 0 Å². The lowest BCUT2D eigenvalue weighted by atomic mass is 9.91. The van der Waals surface area contributed by atoms with E-state index in [2.05, 4.69) is 247 Å². The standard InChI is InChI=1S/C61H40N2/c1-5-17-41(18-6-1)44-23-15-25-46(33-44)50-35-49(42-19-7-2-8-20-42)36-51(37-50)47-26-16-24-45(34-47)48-31-32-54-56-39-57-55(40-60(56)63(59(54)38-48)52-27-11-4-12-28-52)53-29-13-14-30-58(53)62-61(57)43-21-9-3-10-22-43/h1-40H. The zero-order valence-electron chi connectivity index (χ0n) is 34.5. The Labute approximate surface area is 366 Å². The van der Waals surface area contributed by atoms with E-state index in [9.17, 15) is 0 Å². The van der Waals surface area contributed by atoms with E-state index in [4.69, 9.17) is 4.98 Å². The van der Waals surface area contributed by atoms with Crippen LogP contribution in [-0.4, -0.2) is 9.55 Å². The van der Waals surface area contributed by atoms with E-state index in [1.54, 1.807) is 0 Å². The molecule has 0 aliphatic heterocycles. The molecule has 2 heterocycles. The van der Waals surface area contributed by atoms with Gasteiger partial charge in [-0.1, -0.05) is 176 Å². The number of hydrogen-bond acceptors (Lipinski definition) is 1. The summed E-state index contributed by atoms with van der Waals surface area (Å²) in [6.45, 7) is 0. The van der Waals surface area contributed by atoms with Gasteiger partial charge in [-0.25, -0.2) is 4.98 Å². The number of para-hydroxylation sites is 2. The highest BCUT2D eigenvalue weighted by Gasteiger charge is 2.19. The maximum atomic E-state index is 5.27. The van der Waals surface area contributed by atoms with Crippen LogP contribution >= 0.6 is 0 Å². The SMILES string of the molecule is c1ccc(-c2cccc(-c3cc(-c4ccccc4)cc(-c4cccc(-c5ccc6c7cc8c(-c9ccccc9)nc9ccccc9c8cc7n(-c7ccccc7)c6c5)c4)c3)c2)cc1. The molecule has 0 atom stereocenters. The van der Waals surface area contributed by atoms with E-state index in [1.807, 2.05) is 0 Å². The average molecular weight is 801 g/mol. The van der Waals surface area contributed by atoms with Crippen molar-refractivity contribution in [3.8, 4) is 72.6 Å². The van der Waals surface area contributed by atoms with Crippen molar-refractivity contribution >= 4 is 43.5 Å². The predicted octanol–water partition coefficient (Wildman–Crippen LogP) is 16.5. The van der Waals surface area contributed by atoms with Crippen molar-refractivity contribution in [3.05, 3.63) is 243 Å². The lowest BCUT2D eigenvalue weighted by molar-refractivity contribution is 1.18. The van der Waals surface area contributed by atoms with Gasteiger partial charge in [0.1, 0.15) is 0 Å². The molecule has 0 saturated heterocycles. The second-order valence-electron chi connectivity index (χ2n) is 16.4. The average Bonchev–Trinajstić information content (AvgIpc) is 3.69. The largest absolute Gasteiger partial charge is 0.309 e. The van der Waals surface area contributed by atoms with Gasteiger partial charge in [-0.3, -0.25) is 0 Å². The molecular formula is C61H40N2. The number of benzene rings is 10. The van der Waals surface area contributed by atoms with Crippen molar-refractivity contribution in [1.29, 1.82) is 0 Å². The second-order valence-corrected chi connectivity index (χ2v) is 16.4. The van der Waals surface area contributed by atoms with Gasteiger partial charge in [-0.15, -0.1) is 0 Å². The van der Waals surface area contributed by atoms with Crippen molar-refractivity contribution in [3.63, 3.8) is 0 Å². The Morgan fingerprint density at radius 1 is 0.238 bits per heavy atom. The minimum atomic E-state index is 0.995.